The van der Waals surface area contributed by atoms with Gasteiger partial charge in [-0.3, -0.25) is 0 Å². The first-order valence-corrected chi connectivity index (χ1v) is 17.9. The molecule has 0 saturated carbocycles. The number of hydrogen-bond acceptors (Lipinski definition) is 4. The number of rotatable bonds is 5. The van der Waals surface area contributed by atoms with Gasteiger partial charge in [0.1, 0.15) is 11.2 Å². The van der Waals surface area contributed by atoms with Crippen molar-refractivity contribution in [3.05, 3.63) is 176 Å². The van der Waals surface area contributed by atoms with E-state index in [2.05, 4.69) is 140 Å². The van der Waals surface area contributed by atoms with Gasteiger partial charge in [0.05, 0.1) is 0 Å². The summed E-state index contributed by atoms with van der Waals surface area (Å²) in [6.07, 6.45) is 0. The van der Waals surface area contributed by atoms with E-state index < -0.39 is 0 Å². The van der Waals surface area contributed by atoms with Crippen molar-refractivity contribution < 1.29 is 4.42 Å². The molecule has 8 aromatic carbocycles. The van der Waals surface area contributed by atoms with Crippen LogP contribution < -0.4 is 0 Å². The van der Waals surface area contributed by atoms with Gasteiger partial charge in [-0.05, 0) is 67.9 Å². The molecule has 4 heteroatoms. The lowest BCUT2D eigenvalue weighted by atomic mass is 9.93. The summed E-state index contributed by atoms with van der Waals surface area (Å²) in [4.78, 5) is 15.6. The first-order valence-electron chi connectivity index (χ1n) is 17.9. The van der Waals surface area contributed by atoms with Crippen molar-refractivity contribution in [1.29, 1.82) is 0 Å². The zero-order valence-electron chi connectivity index (χ0n) is 28.5. The summed E-state index contributed by atoms with van der Waals surface area (Å²) in [5.74, 6) is 1.83. The first-order chi connectivity index (χ1) is 26.3. The van der Waals surface area contributed by atoms with E-state index in [9.17, 15) is 0 Å². The van der Waals surface area contributed by atoms with E-state index >= 15 is 0 Å². The molecule has 246 valence electrons. The van der Waals surface area contributed by atoms with E-state index in [1.807, 2.05) is 36.4 Å². The molecule has 0 unspecified atom stereocenters. The maximum Gasteiger partial charge on any atom is 0.164 e. The summed E-state index contributed by atoms with van der Waals surface area (Å²) in [5.41, 5.74) is 13.8. The summed E-state index contributed by atoms with van der Waals surface area (Å²) in [6.45, 7) is 0. The van der Waals surface area contributed by atoms with Gasteiger partial charge in [-0.25, -0.2) is 15.0 Å². The van der Waals surface area contributed by atoms with Crippen LogP contribution in [0.4, 0.5) is 0 Å². The standard InChI is InChI=1S/C49H29N3O/c1-3-14-30(15-4-1)35-23-12-25-40-45-41(26-13-27-43(45)53-46(35)40)49-51-47(31-16-5-2-6-17-31)50-48(52-49)39-22-10-7-19-34(39)33-28-32-18-11-24-38-36-20-8-9-21-37(36)42(29-33)44(32)38/h1-29H. The summed E-state index contributed by atoms with van der Waals surface area (Å²) in [5, 5.41) is 4.53. The normalized spacial score (nSPS) is 11.8. The Hall–Kier alpha value is -7.17. The highest BCUT2D eigenvalue weighted by Crippen LogP contribution is 2.49. The Morgan fingerprint density at radius 1 is 0.321 bits per heavy atom. The molecule has 0 N–H and O–H groups in total. The molecule has 1 aliphatic carbocycles. The molecule has 4 nitrogen and oxygen atoms in total. The monoisotopic (exact) mass is 675 g/mol. The van der Waals surface area contributed by atoms with Gasteiger partial charge in [0, 0.05) is 33.0 Å². The van der Waals surface area contributed by atoms with Crippen LogP contribution in [0.5, 0.6) is 0 Å². The van der Waals surface area contributed by atoms with Crippen molar-refractivity contribution in [2.75, 3.05) is 0 Å². The highest BCUT2D eigenvalue weighted by Gasteiger charge is 2.24. The third-order valence-electron chi connectivity index (χ3n) is 10.5. The third kappa shape index (κ3) is 4.66. The average molecular weight is 676 g/mol. The minimum absolute atomic E-state index is 0.595. The van der Waals surface area contributed by atoms with Crippen LogP contribution in [0, 0.1) is 0 Å². The number of benzene rings is 8. The molecule has 0 fully saturated rings. The van der Waals surface area contributed by atoms with Crippen LogP contribution in [0.1, 0.15) is 0 Å². The third-order valence-corrected chi connectivity index (χ3v) is 10.5. The van der Waals surface area contributed by atoms with Crippen LogP contribution in [-0.2, 0) is 0 Å². The minimum atomic E-state index is 0.595. The minimum Gasteiger partial charge on any atom is -0.455 e. The smallest absolute Gasteiger partial charge is 0.164 e. The van der Waals surface area contributed by atoms with Crippen LogP contribution in [0.25, 0.3) is 111 Å². The van der Waals surface area contributed by atoms with Crippen molar-refractivity contribution >= 4 is 32.7 Å². The number of aromatic nitrogens is 3. The van der Waals surface area contributed by atoms with Gasteiger partial charge in [0.15, 0.2) is 17.5 Å². The SMILES string of the molecule is c1ccc(-c2nc(-c3ccccc3-c3cc4c5c(cccc5c3)-c3ccccc3-4)nc(-c3cccc4oc5c(-c6ccccc6)cccc5c34)n2)cc1. The molecule has 0 spiro atoms. The van der Waals surface area contributed by atoms with Crippen molar-refractivity contribution in [3.63, 3.8) is 0 Å². The highest BCUT2D eigenvalue weighted by atomic mass is 16.3. The van der Waals surface area contributed by atoms with E-state index in [0.29, 0.717) is 17.5 Å². The molecule has 1 aliphatic rings. The second-order valence-electron chi connectivity index (χ2n) is 13.5. The fraction of sp³-hybridized carbons (Fsp3) is 0. The second-order valence-corrected chi connectivity index (χ2v) is 13.5. The van der Waals surface area contributed by atoms with Gasteiger partial charge in [0.2, 0.25) is 0 Å². The quantitative estimate of drug-likeness (QED) is 0.182. The Bertz CT molecular complexity index is 3060. The average Bonchev–Trinajstić information content (AvgIpc) is 3.78. The van der Waals surface area contributed by atoms with E-state index in [-0.39, 0.29) is 0 Å². The number of furan rings is 1. The summed E-state index contributed by atoms with van der Waals surface area (Å²) < 4.78 is 6.62. The van der Waals surface area contributed by atoms with Gasteiger partial charge >= 0.3 is 0 Å². The molecular formula is C49H29N3O. The van der Waals surface area contributed by atoms with Crippen LogP contribution >= 0.6 is 0 Å². The molecule has 0 atom stereocenters. The number of para-hydroxylation sites is 1. The summed E-state index contributed by atoms with van der Waals surface area (Å²) >= 11 is 0. The zero-order chi connectivity index (χ0) is 34.9. The molecule has 2 aromatic heterocycles. The second kappa shape index (κ2) is 11.7. The predicted octanol–water partition coefficient (Wildman–Crippen LogP) is 12.9. The number of nitrogens with zero attached hydrogens (tertiary/aromatic N) is 3. The highest BCUT2D eigenvalue weighted by molar-refractivity contribution is 6.17. The fourth-order valence-electron chi connectivity index (χ4n) is 8.12. The molecular weight excluding hydrogens is 647 g/mol. The number of fused-ring (bicyclic) bond motifs is 6. The van der Waals surface area contributed by atoms with Crippen molar-refractivity contribution in [3.8, 4) is 78.7 Å². The Labute approximate surface area is 305 Å². The first kappa shape index (κ1) is 29.5. The topological polar surface area (TPSA) is 51.8 Å². The predicted molar refractivity (Wildman–Crippen MR) is 216 cm³/mol. The van der Waals surface area contributed by atoms with Crippen molar-refractivity contribution in [2.24, 2.45) is 0 Å². The molecule has 0 aliphatic heterocycles. The van der Waals surface area contributed by atoms with Crippen LogP contribution in [0.15, 0.2) is 180 Å². The zero-order valence-corrected chi connectivity index (χ0v) is 28.5. The maximum atomic E-state index is 6.62. The van der Waals surface area contributed by atoms with Gasteiger partial charge in [-0.1, -0.05) is 158 Å². The maximum absolute atomic E-state index is 6.62. The van der Waals surface area contributed by atoms with Crippen LogP contribution in [0.2, 0.25) is 0 Å². The van der Waals surface area contributed by atoms with Gasteiger partial charge in [0.25, 0.3) is 0 Å². The van der Waals surface area contributed by atoms with Gasteiger partial charge in [-0.2, -0.15) is 0 Å². The van der Waals surface area contributed by atoms with E-state index in [1.54, 1.807) is 0 Å². The fourth-order valence-corrected chi connectivity index (χ4v) is 8.12. The molecule has 2 heterocycles. The lowest BCUT2D eigenvalue weighted by Crippen LogP contribution is -2.01. The van der Waals surface area contributed by atoms with Crippen molar-refractivity contribution in [1.82, 2.24) is 15.0 Å². The molecule has 0 saturated heterocycles. The van der Waals surface area contributed by atoms with Gasteiger partial charge < -0.3 is 4.42 Å². The molecule has 11 rings (SSSR count). The molecule has 0 radical (unpaired) electrons. The Morgan fingerprint density at radius 3 is 1.68 bits per heavy atom. The molecule has 0 bridgehead atoms. The Balaban J connectivity index is 1.14. The van der Waals surface area contributed by atoms with Crippen LogP contribution in [-0.4, -0.2) is 15.0 Å². The summed E-state index contributed by atoms with van der Waals surface area (Å²) in [6, 6.07) is 61.4. The Morgan fingerprint density at radius 2 is 0.887 bits per heavy atom. The largest absolute Gasteiger partial charge is 0.455 e. The van der Waals surface area contributed by atoms with E-state index in [4.69, 9.17) is 19.4 Å². The van der Waals surface area contributed by atoms with E-state index in [1.165, 1.54) is 33.0 Å². The van der Waals surface area contributed by atoms with Crippen molar-refractivity contribution in [2.45, 2.75) is 0 Å². The lowest BCUT2D eigenvalue weighted by Gasteiger charge is -2.14. The lowest BCUT2D eigenvalue weighted by molar-refractivity contribution is 0.670. The molecule has 0 amide bonds. The summed E-state index contributed by atoms with van der Waals surface area (Å²) in [7, 11) is 0. The molecule has 10 aromatic rings. The number of hydrogen-bond donors (Lipinski definition) is 0. The Kier molecular flexibility index (Phi) is 6.52. The van der Waals surface area contributed by atoms with Crippen LogP contribution in [0.3, 0.4) is 0 Å². The van der Waals surface area contributed by atoms with Gasteiger partial charge in [-0.15, -0.1) is 0 Å². The van der Waals surface area contributed by atoms with E-state index in [0.717, 1.165) is 60.9 Å². The molecule has 53 heavy (non-hydrogen) atoms.